The lowest BCUT2D eigenvalue weighted by atomic mass is 10.0. The fourth-order valence-corrected chi connectivity index (χ4v) is 4.66. The van der Waals surface area contributed by atoms with Crippen LogP contribution in [0.2, 0.25) is 0 Å². The van der Waals surface area contributed by atoms with Crippen LogP contribution in [0, 0.1) is 0 Å². The molecule has 36 heavy (non-hydrogen) atoms. The average Bonchev–Trinajstić information content (AvgIpc) is 2.85. The summed E-state index contributed by atoms with van der Waals surface area (Å²) in [5.74, 6) is -0.875. The van der Waals surface area contributed by atoms with E-state index >= 15 is 0 Å². The van der Waals surface area contributed by atoms with Crippen LogP contribution in [0.3, 0.4) is 0 Å². The zero-order valence-corrected chi connectivity index (χ0v) is 24.1. The summed E-state index contributed by atoms with van der Waals surface area (Å²) in [6.45, 7) is 4.49. The molecule has 1 N–H and O–H groups in total. The molecule has 4 heteroatoms. The molecule has 0 aliphatic carbocycles. The van der Waals surface area contributed by atoms with E-state index in [0.717, 1.165) is 25.7 Å². The maximum absolute atomic E-state index is 12.3. The summed E-state index contributed by atoms with van der Waals surface area (Å²) < 4.78 is 5.76. The van der Waals surface area contributed by atoms with Gasteiger partial charge in [0.25, 0.3) is 0 Å². The maximum Gasteiger partial charge on any atom is 0.306 e. The second kappa shape index (κ2) is 28.3. The van der Waals surface area contributed by atoms with E-state index in [1.165, 1.54) is 109 Å². The standard InChI is InChI=1S/C32H60O4/c1-3-5-7-9-11-12-13-14-15-16-17-18-20-22-24-29-32(35)36-30(27-25-28-31(33)34)26-23-21-19-10-8-6-4-2/h14-15,30H,3-13,16-29H2,1-2H3,(H,33,34)/b15-14-. The Balaban J connectivity index is 3.81. The van der Waals surface area contributed by atoms with E-state index in [2.05, 4.69) is 26.0 Å². The summed E-state index contributed by atoms with van der Waals surface area (Å²) in [4.78, 5) is 23.2. The fraction of sp³-hybridized carbons (Fsp3) is 0.875. The average molecular weight is 509 g/mol. The quantitative estimate of drug-likeness (QED) is 0.0648. The first-order valence-electron chi connectivity index (χ1n) is 15.7. The molecule has 0 rings (SSSR count). The third-order valence-corrected chi connectivity index (χ3v) is 6.99. The topological polar surface area (TPSA) is 63.6 Å². The summed E-state index contributed by atoms with van der Waals surface area (Å²) in [5, 5.41) is 8.92. The number of ether oxygens (including phenoxy) is 1. The molecule has 0 fully saturated rings. The summed E-state index contributed by atoms with van der Waals surface area (Å²) in [6.07, 6.45) is 32.2. The molecule has 0 aliphatic rings. The minimum atomic E-state index is -0.774. The molecule has 4 nitrogen and oxygen atoms in total. The van der Waals surface area contributed by atoms with E-state index in [1.807, 2.05) is 0 Å². The number of carbonyl (C=O) groups is 2. The van der Waals surface area contributed by atoms with Gasteiger partial charge in [-0.25, -0.2) is 0 Å². The smallest absolute Gasteiger partial charge is 0.306 e. The number of allylic oxidation sites excluding steroid dienone is 2. The van der Waals surface area contributed by atoms with Gasteiger partial charge in [-0.2, -0.15) is 0 Å². The predicted octanol–water partition coefficient (Wildman–Crippen LogP) is 10.3. The molecule has 0 aromatic rings. The van der Waals surface area contributed by atoms with Gasteiger partial charge >= 0.3 is 11.9 Å². The molecule has 0 aromatic carbocycles. The van der Waals surface area contributed by atoms with Crippen molar-refractivity contribution in [1.82, 2.24) is 0 Å². The second-order valence-corrected chi connectivity index (χ2v) is 10.6. The van der Waals surface area contributed by atoms with Gasteiger partial charge in [-0.05, 0) is 57.8 Å². The Morgan fingerprint density at radius 2 is 1.03 bits per heavy atom. The molecule has 0 radical (unpaired) electrons. The van der Waals surface area contributed by atoms with Gasteiger partial charge < -0.3 is 9.84 Å². The van der Waals surface area contributed by atoms with Gasteiger partial charge in [-0.15, -0.1) is 0 Å². The number of hydrogen-bond acceptors (Lipinski definition) is 3. The molecular weight excluding hydrogens is 448 g/mol. The first kappa shape index (κ1) is 34.7. The van der Waals surface area contributed by atoms with E-state index in [9.17, 15) is 9.59 Å². The van der Waals surface area contributed by atoms with Gasteiger partial charge in [0.2, 0.25) is 0 Å². The Morgan fingerprint density at radius 1 is 0.583 bits per heavy atom. The van der Waals surface area contributed by atoms with Crippen LogP contribution in [0.15, 0.2) is 12.2 Å². The first-order chi connectivity index (χ1) is 17.6. The molecule has 1 unspecified atom stereocenters. The van der Waals surface area contributed by atoms with Crippen LogP contribution in [-0.2, 0) is 14.3 Å². The lowest BCUT2D eigenvalue weighted by molar-refractivity contribution is -0.150. The highest BCUT2D eigenvalue weighted by Crippen LogP contribution is 2.17. The molecule has 0 aromatic heterocycles. The second-order valence-electron chi connectivity index (χ2n) is 10.6. The Bertz CT molecular complexity index is 514. The lowest BCUT2D eigenvalue weighted by Gasteiger charge is -2.18. The Hall–Kier alpha value is -1.32. The number of carbonyl (C=O) groups excluding carboxylic acids is 1. The number of carboxylic acid groups (broad SMARTS) is 1. The molecule has 0 saturated carbocycles. The van der Waals surface area contributed by atoms with Gasteiger partial charge in [-0.3, -0.25) is 9.59 Å². The summed E-state index contributed by atoms with van der Waals surface area (Å²) >= 11 is 0. The number of esters is 1. The van der Waals surface area contributed by atoms with Crippen LogP contribution in [-0.4, -0.2) is 23.1 Å². The van der Waals surface area contributed by atoms with E-state index < -0.39 is 5.97 Å². The van der Waals surface area contributed by atoms with Crippen LogP contribution in [0.25, 0.3) is 0 Å². The third-order valence-electron chi connectivity index (χ3n) is 6.99. The number of hydrogen-bond donors (Lipinski definition) is 1. The van der Waals surface area contributed by atoms with Crippen molar-refractivity contribution >= 4 is 11.9 Å². The molecule has 1 atom stereocenters. The molecule has 0 saturated heterocycles. The van der Waals surface area contributed by atoms with E-state index in [4.69, 9.17) is 9.84 Å². The molecule has 0 amide bonds. The minimum Gasteiger partial charge on any atom is -0.481 e. The van der Waals surface area contributed by atoms with Crippen molar-refractivity contribution in [3.8, 4) is 0 Å². The molecule has 0 bridgehead atoms. The van der Waals surface area contributed by atoms with Crippen molar-refractivity contribution in [3.63, 3.8) is 0 Å². The molecule has 0 spiro atoms. The van der Waals surface area contributed by atoms with Gasteiger partial charge in [0.05, 0.1) is 0 Å². The molecule has 212 valence electrons. The largest absolute Gasteiger partial charge is 0.481 e. The van der Waals surface area contributed by atoms with E-state index in [-0.39, 0.29) is 18.5 Å². The van der Waals surface area contributed by atoms with Gasteiger partial charge in [0.15, 0.2) is 0 Å². The summed E-state index contributed by atoms with van der Waals surface area (Å²) in [6, 6.07) is 0. The van der Waals surface area contributed by atoms with Crippen LogP contribution >= 0.6 is 0 Å². The lowest BCUT2D eigenvalue weighted by Crippen LogP contribution is -2.18. The number of unbranched alkanes of at least 4 members (excludes halogenated alkanes) is 17. The Labute approximate surface area is 224 Å². The highest BCUT2D eigenvalue weighted by molar-refractivity contribution is 5.69. The van der Waals surface area contributed by atoms with Crippen molar-refractivity contribution in [2.45, 2.75) is 180 Å². The SMILES string of the molecule is CCCCCCCC/C=C\CCCCCCCC(=O)OC(CCCCCCCCC)CCCC(=O)O. The van der Waals surface area contributed by atoms with Crippen molar-refractivity contribution in [2.75, 3.05) is 0 Å². The third kappa shape index (κ3) is 27.3. The van der Waals surface area contributed by atoms with Crippen molar-refractivity contribution in [2.24, 2.45) is 0 Å². The number of carboxylic acids is 1. The first-order valence-corrected chi connectivity index (χ1v) is 15.7. The fourth-order valence-electron chi connectivity index (χ4n) is 4.66. The van der Waals surface area contributed by atoms with Crippen LogP contribution in [0.4, 0.5) is 0 Å². The zero-order chi connectivity index (χ0) is 26.5. The van der Waals surface area contributed by atoms with Crippen LogP contribution < -0.4 is 0 Å². The normalized spacial score (nSPS) is 12.3. The van der Waals surface area contributed by atoms with Crippen molar-refractivity contribution in [1.29, 1.82) is 0 Å². The van der Waals surface area contributed by atoms with Crippen LogP contribution in [0.1, 0.15) is 174 Å². The summed E-state index contributed by atoms with van der Waals surface area (Å²) in [7, 11) is 0. The van der Waals surface area contributed by atoms with E-state index in [0.29, 0.717) is 19.3 Å². The number of aliphatic carboxylic acids is 1. The van der Waals surface area contributed by atoms with Gasteiger partial charge in [-0.1, -0.05) is 116 Å². The van der Waals surface area contributed by atoms with Gasteiger partial charge in [0.1, 0.15) is 6.10 Å². The Kier molecular flexibility index (Phi) is 27.2. The molecule has 0 aliphatic heterocycles. The van der Waals surface area contributed by atoms with Crippen molar-refractivity contribution < 1.29 is 19.4 Å². The number of rotatable bonds is 28. The summed E-state index contributed by atoms with van der Waals surface area (Å²) in [5.41, 5.74) is 0. The highest BCUT2D eigenvalue weighted by Gasteiger charge is 2.15. The highest BCUT2D eigenvalue weighted by atomic mass is 16.5. The van der Waals surface area contributed by atoms with Crippen LogP contribution in [0.5, 0.6) is 0 Å². The minimum absolute atomic E-state index is 0.101. The molecular formula is C32H60O4. The zero-order valence-electron chi connectivity index (χ0n) is 24.1. The van der Waals surface area contributed by atoms with Crippen molar-refractivity contribution in [3.05, 3.63) is 12.2 Å². The molecule has 0 heterocycles. The van der Waals surface area contributed by atoms with Gasteiger partial charge in [0, 0.05) is 12.8 Å². The maximum atomic E-state index is 12.3. The van der Waals surface area contributed by atoms with E-state index in [1.54, 1.807) is 0 Å². The Morgan fingerprint density at radius 3 is 1.56 bits per heavy atom. The predicted molar refractivity (Wildman–Crippen MR) is 153 cm³/mol. The monoisotopic (exact) mass is 508 g/mol.